The van der Waals surface area contributed by atoms with E-state index in [1.54, 1.807) is 0 Å². The largest absolute Gasteiger partial charge is 0.495 e. The molecule has 0 radical (unpaired) electrons. The van der Waals surface area contributed by atoms with E-state index in [4.69, 9.17) is 9.31 Å². The van der Waals surface area contributed by atoms with Crippen LogP contribution in [0, 0.1) is 0 Å². The van der Waals surface area contributed by atoms with Gasteiger partial charge in [0.1, 0.15) is 0 Å². The van der Waals surface area contributed by atoms with Gasteiger partial charge in [0.05, 0.1) is 16.7 Å². The molecule has 0 N–H and O–H groups in total. The first-order valence-corrected chi connectivity index (χ1v) is 11.7. The molecule has 1 aliphatic rings. The first kappa shape index (κ1) is 20.5. The Hall–Kier alpha value is -3.08. The van der Waals surface area contributed by atoms with Gasteiger partial charge in [-0.3, -0.25) is 0 Å². The fourth-order valence-corrected chi connectivity index (χ4v) is 5.04. The molecule has 1 saturated heterocycles. The Balaban J connectivity index is 1.67. The summed E-state index contributed by atoms with van der Waals surface area (Å²) in [5.74, 6) is 0. The summed E-state index contributed by atoms with van der Waals surface area (Å²) in [6, 6.07) is 30.3. The molecule has 0 spiro atoms. The van der Waals surface area contributed by atoms with Crippen LogP contribution in [-0.2, 0) is 15.9 Å². The van der Waals surface area contributed by atoms with Crippen molar-refractivity contribution in [2.24, 2.45) is 0 Å². The second-order valence-corrected chi connectivity index (χ2v) is 10.1. The minimum atomic E-state index is -0.409. The Morgan fingerprint density at radius 2 is 1.33 bits per heavy atom. The molecule has 1 aliphatic heterocycles. The van der Waals surface area contributed by atoms with Crippen LogP contribution in [-0.4, -0.2) is 22.9 Å². The molecule has 0 bridgehead atoms. The van der Waals surface area contributed by atoms with E-state index in [1.165, 1.54) is 38.1 Å². The number of hydrogen-bond donors (Lipinski definition) is 0. The van der Waals surface area contributed by atoms with E-state index < -0.39 is 7.12 Å². The van der Waals surface area contributed by atoms with Gasteiger partial charge in [0.25, 0.3) is 0 Å². The van der Waals surface area contributed by atoms with Gasteiger partial charge in [0, 0.05) is 22.8 Å². The van der Waals surface area contributed by atoms with E-state index in [0.717, 1.165) is 12.0 Å². The molecular formula is C29H28BNO2. The zero-order chi connectivity index (χ0) is 22.8. The molecule has 33 heavy (non-hydrogen) atoms. The number of benzene rings is 4. The van der Waals surface area contributed by atoms with Crippen molar-refractivity contribution in [1.29, 1.82) is 0 Å². The highest BCUT2D eigenvalue weighted by Crippen LogP contribution is 2.39. The molecule has 0 atom stereocenters. The minimum absolute atomic E-state index is 0.385. The third kappa shape index (κ3) is 3.12. The summed E-state index contributed by atoms with van der Waals surface area (Å²) in [6.07, 6.45) is 0. The van der Waals surface area contributed by atoms with Gasteiger partial charge in [-0.2, -0.15) is 0 Å². The molecule has 0 unspecified atom stereocenters. The first-order valence-electron chi connectivity index (χ1n) is 11.7. The lowest BCUT2D eigenvalue weighted by atomic mass is 9.76. The smallest absolute Gasteiger partial charge is 0.399 e. The van der Waals surface area contributed by atoms with Crippen molar-refractivity contribution in [3.8, 4) is 0 Å². The summed E-state index contributed by atoms with van der Waals surface area (Å²) >= 11 is 0. The van der Waals surface area contributed by atoms with Crippen molar-refractivity contribution in [1.82, 2.24) is 4.57 Å². The average molecular weight is 433 g/mol. The van der Waals surface area contributed by atoms with Crippen molar-refractivity contribution < 1.29 is 9.31 Å². The van der Waals surface area contributed by atoms with Crippen LogP contribution in [0.25, 0.3) is 32.6 Å². The van der Waals surface area contributed by atoms with Gasteiger partial charge in [-0.15, -0.1) is 0 Å². The zero-order valence-corrected chi connectivity index (χ0v) is 19.6. The Kier molecular flexibility index (Phi) is 4.49. The van der Waals surface area contributed by atoms with Gasteiger partial charge < -0.3 is 13.9 Å². The van der Waals surface area contributed by atoms with Crippen molar-refractivity contribution >= 4 is 45.2 Å². The number of rotatable bonds is 3. The van der Waals surface area contributed by atoms with Gasteiger partial charge in [0.2, 0.25) is 0 Å². The van der Waals surface area contributed by atoms with E-state index in [-0.39, 0.29) is 11.2 Å². The SMILES string of the molecule is CC1(C)OB(c2cccc3c2c2c4ccccc4ccc2n3Cc2ccccc2)OC1(C)C. The van der Waals surface area contributed by atoms with Crippen molar-refractivity contribution in [2.45, 2.75) is 45.4 Å². The van der Waals surface area contributed by atoms with Crippen LogP contribution in [0.15, 0.2) is 84.9 Å². The maximum Gasteiger partial charge on any atom is 0.495 e. The lowest BCUT2D eigenvalue weighted by Crippen LogP contribution is -2.41. The predicted molar refractivity (Wildman–Crippen MR) is 138 cm³/mol. The number of aromatic nitrogens is 1. The quantitative estimate of drug-likeness (QED) is 0.312. The average Bonchev–Trinajstić information content (AvgIpc) is 3.24. The van der Waals surface area contributed by atoms with E-state index in [2.05, 4.69) is 117 Å². The normalized spacial score (nSPS) is 17.4. The van der Waals surface area contributed by atoms with Crippen LogP contribution in [0.4, 0.5) is 0 Å². The van der Waals surface area contributed by atoms with E-state index >= 15 is 0 Å². The van der Waals surface area contributed by atoms with E-state index in [0.29, 0.717) is 0 Å². The molecule has 1 fully saturated rings. The van der Waals surface area contributed by atoms with Crippen LogP contribution in [0.1, 0.15) is 33.3 Å². The van der Waals surface area contributed by atoms with Gasteiger partial charge in [-0.05, 0) is 61.6 Å². The van der Waals surface area contributed by atoms with E-state index in [1.807, 2.05) is 0 Å². The van der Waals surface area contributed by atoms with Crippen LogP contribution >= 0.6 is 0 Å². The highest BCUT2D eigenvalue weighted by Gasteiger charge is 2.52. The second kappa shape index (κ2) is 7.21. The summed E-state index contributed by atoms with van der Waals surface area (Å²) < 4.78 is 15.5. The maximum absolute atomic E-state index is 6.52. The monoisotopic (exact) mass is 433 g/mol. The Morgan fingerprint density at radius 1 is 0.667 bits per heavy atom. The summed E-state index contributed by atoms with van der Waals surface area (Å²) in [5.41, 5.74) is 4.05. The predicted octanol–water partition coefficient (Wildman–Crippen LogP) is 6.30. The molecule has 164 valence electrons. The maximum atomic E-state index is 6.52. The first-order chi connectivity index (χ1) is 15.9. The Labute approximate surface area is 195 Å². The number of nitrogens with zero attached hydrogens (tertiary/aromatic N) is 1. The molecular weight excluding hydrogens is 405 g/mol. The Bertz CT molecular complexity index is 1480. The standard InChI is InChI=1S/C29H28BNO2/c1-28(2)29(3,4)33-30(32-28)23-15-10-16-24-27(23)26-22-14-9-8-13-21(22)17-18-25(26)31(24)19-20-11-6-5-7-12-20/h5-18H,19H2,1-4H3. The molecule has 1 aromatic heterocycles. The molecule has 3 nitrogen and oxygen atoms in total. The Morgan fingerprint density at radius 3 is 2.09 bits per heavy atom. The summed E-state index contributed by atoms with van der Waals surface area (Å²) in [6.45, 7) is 9.26. The number of hydrogen-bond acceptors (Lipinski definition) is 2. The fraction of sp³-hybridized carbons (Fsp3) is 0.241. The highest BCUT2D eigenvalue weighted by molar-refractivity contribution is 6.66. The second-order valence-electron chi connectivity index (χ2n) is 10.1. The van der Waals surface area contributed by atoms with Crippen molar-refractivity contribution in [2.75, 3.05) is 0 Å². The molecule has 6 rings (SSSR count). The van der Waals surface area contributed by atoms with Gasteiger partial charge in [0.15, 0.2) is 0 Å². The van der Waals surface area contributed by atoms with Crippen molar-refractivity contribution in [3.63, 3.8) is 0 Å². The molecule has 0 amide bonds. The number of fused-ring (bicyclic) bond motifs is 5. The third-order valence-corrected chi connectivity index (χ3v) is 7.50. The molecule has 0 saturated carbocycles. The fourth-order valence-electron chi connectivity index (χ4n) is 5.04. The van der Waals surface area contributed by atoms with Crippen LogP contribution in [0.2, 0.25) is 0 Å². The molecule has 2 heterocycles. The molecule has 0 aliphatic carbocycles. The van der Waals surface area contributed by atoms with E-state index in [9.17, 15) is 0 Å². The van der Waals surface area contributed by atoms with Gasteiger partial charge in [-0.1, -0.05) is 72.8 Å². The van der Waals surface area contributed by atoms with Gasteiger partial charge in [-0.25, -0.2) is 0 Å². The lowest BCUT2D eigenvalue weighted by Gasteiger charge is -2.32. The molecule has 4 heteroatoms. The molecule has 4 aromatic carbocycles. The van der Waals surface area contributed by atoms with Crippen LogP contribution in [0.5, 0.6) is 0 Å². The topological polar surface area (TPSA) is 23.4 Å². The summed E-state index contributed by atoms with van der Waals surface area (Å²) in [7, 11) is -0.409. The third-order valence-electron chi connectivity index (χ3n) is 7.50. The lowest BCUT2D eigenvalue weighted by molar-refractivity contribution is 0.00578. The zero-order valence-electron chi connectivity index (χ0n) is 19.6. The summed E-state index contributed by atoms with van der Waals surface area (Å²) in [5, 5.41) is 4.99. The van der Waals surface area contributed by atoms with Crippen LogP contribution in [0.3, 0.4) is 0 Å². The summed E-state index contributed by atoms with van der Waals surface area (Å²) in [4.78, 5) is 0. The minimum Gasteiger partial charge on any atom is -0.399 e. The highest BCUT2D eigenvalue weighted by atomic mass is 16.7. The van der Waals surface area contributed by atoms with Gasteiger partial charge >= 0.3 is 7.12 Å². The molecule has 5 aromatic rings. The van der Waals surface area contributed by atoms with Crippen LogP contribution < -0.4 is 5.46 Å². The van der Waals surface area contributed by atoms with Crippen molar-refractivity contribution in [3.05, 3.63) is 90.5 Å².